The van der Waals surface area contributed by atoms with Crippen molar-refractivity contribution >= 4 is 56.2 Å². The van der Waals surface area contributed by atoms with Gasteiger partial charge in [0.2, 0.25) is 0 Å². The van der Waals surface area contributed by atoms with Crippen LogP contribution in [0.1, 0.15) is 11.3 Å². The van der Waals surface area contributed by atoms with Crippen molar-refractivity contribution in [3.63, 3.8) is 0 Å². The lowest BCUT2D eigenvalue weighted by atomic mass is 10.0. The van der Waals surface area contributed by atoms with E-state index < -0.39 is 5.97 Å². The third-order valence-corrected chi connectivity index (χ3v) is 6.49. The number of aromatic nitrogens is 2. The Labute approximate surface area is 150 Å². The number of hydrogen-bond acceptors (Lipinski definition) is 5. The predicted octanol–water partition coefficient (Wildman–Crippen LogP) is 3.08. The number of carbonyl (C=O) groups is 2. The molecule has 2 aliphatic rings. The van der Waals surface area contributed by atoms with E-state index in [-0.39, 0.29) is 17.0 Å². The number of nitrogens with zero attached hydrogens (tertiary/aromatic N) is 3. The SMILES string of the molecule is Cc1cccc2sc3nc(/C=C4/C(=O)N5C(C(=O)O)=CS[C@H]45)cn3c12. The van der Waals surface area contributed by atoms with Crippen molar-refractivity contribution in [1.82, 2.24) is 14.3 Å². The highest BCUT2D eigenvalue weighted by molar-refractivity contribution is 8.03. The Bertz CT molecular complexity index is 1150. The van der Waals surface area contributed by atoms with Gasteiger partial charge in [0.25, 0.3) is 5.91 Å². The first kappa shape index (κ1) is 14.7. The number of carboxylic acids is 1. The molecule has 5 rings (SSSR count). The number of fused-ring (bicyclic) bond motifs is 4. The second-order valence-corrected chi connectivity index (χ2v) is 7.88. The number of para-hydroxylation sites is 1. The van der Waals surface area contributed by atoms with Gasteiger partial charge in [-0.25, -0.2) is 9.78 Å². The molecule has 0 aliphatic carbocycles. The number of benzene rings is 1. The maximum atomic E-state index is 12.3. The van der Waals surface area contributed by atoms with E-state index in [1.54, 1.807) is 17.4 Å². The molecule has 6 nitrogen and oxygen atoms in total. The molecule has 0 unspecified atom stereocenters. The van der Waals surface area contributed by atoms with Crippen LogP contribution >= 0.6 is 23.1 Å². The Morgan fingerprint density at radius 3 is 3.04 bits per heavy atom. The molecule has 0 radical (unpaired) electrons. The molecular formula is C17H11N3O3S2. The van der Waals surface area contributed by atoms with Crippen LogP contribution in [0.25, 0.3) is 21.3 Å². The van der Waals surface area contributed by atoms with Gasteiger partial charge in [0, 0.05) is 11.6 Å². The van der Waals surface area contributed by atoms with E-state index in [1.165, 1.54) is 32.3 Å². The van der Waals surface area contributed by atoms with Gasteiger partial charge in [-0.15, -0.1) is 11.8 Å². The lowest BCUT2D eigenvalue weighted by molar-refractivity contribution is -0.141. The highest BCUT2D eigenvalue weighted by Gasteiger charge is 2.49. The number of hydrogen-bond donors (Lipinski definition) is 1. The molecular weight excluding hydrogens is 358 g/mol. The highest BCUT2D eigenvalue weighted by atomic mass is 32.2. The molecule has 1 atom stereocenters. The number of aliphatic carboxylic acids is 1. The van der Waals surface area contributed by atoms with E-state index in [9.17, 15) is 9.59 Å². The average molecular weight is 369 g/mol. The summed E-state index contributed by atoms with van der Waals surface area (Å²) in [4.78, 5) is 30.2. The fourth-order valence-corrected chi connectivity index (χ4v) is 5.44. The fraction of sp³-hybridized carbons (Fsp3) is 0.118. The molecule has 0 spiro atoms. The van der Waals surface area contributed by atoms with Gasteiger partial charge in [-0.3, -0.25) is 14.1 Å². The minimum atomic E-state index is -1.08. The summed E-state index contributed by atoms with van der Waals surface area (Å²) in [7, 11) is 0. The number of amides is 1. The minimum Gasteiger partial charge on any atom is -0.477 e. The van der Waals surface area contributed by atoms with E-state index >= 15 is 0 Å². The summed E-state index contributed by atoms with van der Waals surface area (Å²) < 4.78 is 3.22. The number of thioether (sulfide) groups is 1. The lowest BCUT2D eigenvalue weighted by Crippen LogP contribution is -2.51. The monoisotopic (exact) mass is 369 g/mol. The maximum Gasteiger partial charge on any atom is 0.353 e. The van der Waals surface area contributed by atoms with Crippen molar-refractivity contribution in [2.24, 2.45) is 0 Å². The summed E-state index contributed by atoms with van der Waals surface area (Å²) in [6.45, 7) is 2.06. The molecule has 8 heteroatoms. The minimum absolute atomic E-state index is 0.0459. The van der Waals surface area contributed by atoms with Crippen LogP contribution in [0.3, 0.4) is 0 Å². The molecule has 1 saturated heterocycles. The largest absolute Gasteiger partial charge is 0.477 e. The van der Waals surface area contributed by atoms with Crippen molar-refractivity contribution < 1.29 is 14.7 Å². The summed E-state index contributed by atoms with van der Waals surface area (Å²) in [5, 5.41) is 10.4. The summed E-state index contributed by atoms with van der Waals surface area (Å²) in [5.74, 6) is -1.34. The Balaban J connectivity index is 1.54. The molecule has 25 heavy (non-hydrogen) atoms. The molecule has 1 amide bonds. The van der Waals surface area contributed by atoms with Crippen LogP contribution in [0.2, 0.25) is 0 Å². The van der Waals surface area contributed by atoms with Crippen molar-refractivity contribution in [3.8, 4) is 0 Å². The van der Waals surface area contributed by atoms with Gasteiger partial charge in [0.1, 0.15) is 11.1 Å². The van der Waals surface area contributed by atoms with Crippen LogP contribution in [-0.2, 0) is 9.59 Å². The normalized spacial score (nSPS) is 21.1. The lowest BCUT2D eigenvalue weighted by Gasteiger charge is -2.36. The van der Waals surface area contributed by atoms with Gasteiger partial charge >= 0.3 is 5.97 Å². The molecule has 1 aromatic carbocycles. The quantitative estimate of drug-likeness (QED) is 0.555. The number of thiazole rings is 1. The Kier molecular flexibility index (Phi) is 2.93. The summed E-state index contributed by atoms with van der Waals surface area (Å²) in [6, 6.07) is 6.16. The number of carboxylic acid groups (broad SMARTS) is 1. The van der Waals surface area contributed by atoms with Crippen LogP contribution in [0.15, 0.2) is 41.1 Å². The third-order valence-electron chi connectivity index (χ3n) is 4.39. The third kappa shape index (κ3) is 1.95. The van der Waals surface area contributed by atoms with Crippen LogP contribution < -0.4 is 0 Å². The second kappa shape index (κ2) is 4.96. The van der Waals surface area contributed by atoms with Crippen LogP contribution in [-0.4, -0.2) is 36.6 Å². The molecule has 2 aliphatic heterocycles. The number of rotatable bonds is 2. The van der Waals surface area contributed by atoms with E-state index in [2.05, 4.69) is 24.0 Å². The van der Waals surface area contributed by atoms with Crippen molar-refractivity contribution in [1.29, 1.82) is 0 Å². The second-order valence-electron chi connectivity index (χ2n) is 5.91. The smallest absolute Gasteiger partial charge is 0.353 e. The van der Waals surface area contributed by atoms with Gasteiger partial charge in [0.05, 0.1) is 21.5 Å². The first-order chi connectivity index (χ1) is 12.0. The van der Waals surface area contributed by atoms with Crippen LogP contribution in [0.4, 0.5) is 0 Å². The molecule has 4 heterocycles. The molecule has 0 bridgehead atoms. The zero-order valence-corrected chi connectivity index (χ0v) is 14.6. The first-order valence-electron chi connectivity index (χ1n) is 7.56. The molecule has 2 aromatic heterocycles. The Morgan fingerprint density at radius 2 is 2.24 bits per heavy atom. The zero-order valence-electron chi connectivity index (χ0n) is 13.0. The number of aryl methyl sites for hydroxylation is 1. The molecule has 3 aromatic rings. The Morgan fingerprint density at radius 1 is 1.40 bits per heavy atom. The fourth-order valence-electron chi connectivity index (χ4n) is 3.23. The highest BCUT2D eigenvalue weighted by Crippen LogP contribution is 2.45. The van der Waals surface area contributed by atoms with Crippen LogP contribution in [0, 0.1) is 6.92 Å². The zero-order chi connectivity index (χ0) is 17.3. The van der Waals surface area contributed by atoms with Gasteiger partial charge < -0.3 is 5.11 Å². The van der Waals surface area contributed by atoms with Gasteiger partial charge in [-0.1, -0.05) is 23.5 Å². The van der Waals surface area contributed by atoms with Gasteiger partial charge in [-0.2, -0.15) is 0 Å². The topological polar surface area (TPSA) is 74.9 Å². The van der Waals surface area contributed by atoms with E-state index in [0.717, 1.165) is 10.5 Å². The van der Waals surface area contributed by atoms with Crippen molar-refractivity contribution in [3.05, 3.63) is 52.3 Å². The maximum absolute atomic E-state index is 12.3. The standard InChI is InChI=1S/C17H11N3O3S2/c1-8-3-2-4-12-13(8)19-6-9(18-17(19)25-12)5-10-14(21)20-11(16(22)23)7-24-15(10)20/h2-7,15H,1H3,(H,22,23)/b10-5-/t15-/m1/s1. The van der Waals surface area contributed by atoms with Crippen LogP contribution in [0.5, 0.6) is 0 Å². The molecule has 1 fully saturated rings. The van der Waals surface area contributed by atoms with Crippen molar-refractivity contribution in [2.75, 3.05) is 0 Å². The number of β-lactam (4-membered cyclic amide) rings is 1. The molecule has 124 valence electrons. The summed E-state index contributed by atoms with van der Waals surface area (Å²) in [6.07, 6.45) is 3.69. The molecule has 1 N–H and O–H groups in total. The van der Waals surface area contributed by atoms with Crippen molar-refractivity contribution in [2.45, 2.75) is 12.3 Å². The number of imidazole rings is 1. The number of carbonyl (C=O) groups excluding carboxylic acids is 1. The van der Waals surface area contributed by atoms with E-state index in [0.29, 0.717) is 11.3 Å². The molecule has 0 saturated carbocycles. The van der Waals surface area contributed by atoms with E-state index in [1.807, 2.05) is 16.7 Å². The Hall–Kier alpha value is -2.58. The summed E-state index contributed by atoms with van der Waals surface area (Å²) >= 11 is 2.94. The average Bonchev–Trinajstić information content (AvgIpc) is 3.22. The van der Waals surface area contributed by atoms with Gasteiger partial charge in [0.15, 0.2) is 4.96 Å². The summed E-state index contributed by atoms with van der Waals surface area (Å²) in [5.41, 5.74) is 3.65. The van der Waals surface area contributed by atoms with E-state index in [4.69, 9.17) is 5.11 Å². The predicted molar refractivity (Wildman–Crippen MR) is 97.2 cm³/mol. The van der Waals surface area contributed by atoms with Gasteiger partial charge in [-0.05, 0) is 24.6 Å². The first-order valence-corrected chi connectivity index (χ1v) is 9.32.